The number of benzene rings is 1. The maximum absolute atomic E-state index is 5.84. The predicted molar refractivity (Wildman–Crippen MR) is 100 cm³/mol. The molecular formula is C18H20ClN3S. The van der Waals surface area contributed by atoms with E-state index in [-0.39, 0.29) is 5.41 Å². The Morgan fingerprint density at radius 3 is 2.52 bits per heavy atom. The fraction of sp³-hybridized carbons (Fsp3) is 0.333. The quantitative estimate of drug-likeness (QED) is 0.798. The molecule has 3 nitrogen and oxygen atoms in total. The van der Waals surface area contributed by atoms with E-state index in [1.807, 2.05) is 6.07 Å². The van der Waals surface area contributed by atoms with Crippen LogP contribution in [-0.4, -0.2) is 16.6 Å². The zero-order chi connectivity index (χ0) is 16.1. The van der Waals surface area contributed by atoms with Crippen LogP contribution in [0.5, 0.6) is 0 Å². The summed E-state index contributed by atoms with van der Waals surface area (Å²) in [6.45, 7) is 0.844. The van der Waals surface area contributed by atoms with Crippen LogP contribution in [0.15, 0.2) is 48.7 Å². The number of nitrogens with zero attached hydrogens (tertiary/aromatic N) is 1. The summed E-state index contributed by atoms with van der Waals surface area (Å²) < 4.78 is 0. The van der Waals surface area contributed by atoms with Crippen LogP contribution in [0.25, 0.3) is 0 Å². The third-order valence-electron chi connectivity index (χ3n) is 4.50. The van der Waals surface area contributed by atoms with E-state index in [0.29, 0.717) is 16.0 Å². The van der Waals surface area contributed by atoms with Gasteiger partial charge in [0.05, 0.1) is 5.02 Å². The van der Waals surface area contributed by atoms with Crippen molar-refractivity contribution in [2.75, 3.05) is 11.9 Å². The van der Waals surface area contributed by atoms with Crippen molar-refractivity contribution in [2.45, 2.75) is 31.1 Å². The van der Waals surface area contributed by atoms with Gasteiger partial charge in [-0.2, -0.15) is 0 Å². The van der Waals surface area contributed by atoms with Crippen molar-refractivity contribution in [2.24, 2.45) is 0 Å². The second kappa shape index (κ2) is 7.28. The molecule has 1 aromatic carbocycles. The van der Waals surface area contributed by atoms with E-state index in [1.165, 1.54) is 31.2 Å². The standard InChI is InChI=1S/C18H20ClN3S/c19-15-8-9-16(20-12-15)22-17(23)21-13-18(10-4-5-11-18)14-6-2-1-3-7-14/h1-3,6-9,12H,4-5,10-11,13H2,(H2,20,21,22,23). The van der Waals surface area contributed by atoms with Gasteiger partial charge in [0.25, 0.3) is 0 Å². The molecule has 1 aliphatic carbocycles. The van der Waals surface area contributed by atoms with Gasteiger partial charge < -0.3 is 10.6 Å². The fourth-order valence-corrected chi connectivity index (χ4v) is 3.56. The third kappa shape index (κ3) is 4.01. The van der Waals surface area contributed by atoms with Gasteiger partial charge in [-0.05, 0) is 42.8 Å². The zero-order valence-electron chi connectivity index (χ0n) is 12.9. The van der Waals surface area contributed by atoms with Crippen LogP contribution in [0.2, 0.25) is 5.02 Å². The number of hydrogen-bond donors (Lipinski definition) is 2. The summed E-state index contributed by atoms with van der Waals surface area (Å²) in [5.41, 5.74) is 1.58. The molecular weight excluding hydrogens is 326 g/mol. The average molecular weight is 346 g/mol. The highest BCUT2D eigenvalue weighted by Gasteiger charge is 2.35. The Balaban J connectivity index is 1.63. The first kappa shape index (κ1) is 16.2. The first-order valence-corrected chi connectivity index (χ1v) is 8.69. The van der Waals surface area contributed by atoms with Gasteiger partial charge in [-0.3, -0.25) is 0 Å². The van der Waals surface area contributed by atoms with E-state index in [4.69, 9.17) is 23.8 Å². The number of thiocarbonyl (C=S) groups is 1. The second-order valence-electron chi connectivity index (χ2n) is 6.02. The molecule has 0 spiro atoms. The lowest BCUT2D eigenvalue weighted by molar-refractivity contribution is 0.435. The number of anilines is 1. The molecule has 0 amide bonds. The normalized spacial score (nSPS) is 16.0. The summed E-state index contributed by atoms with van der Waals surface area (Å²) in [6.07, 6.45) is 6.55. The van der Waals surface area contributed by atoms with Crippen LogP contribution in [0.4, 0.5) is 5.82 Å². The molecule has 0 unspecified atom stereocenters. The van der Waals surface area contributed by atoms with E-state index in [1.54, 1.807) is 12.3 Å². The molecule has 0 atom stereocenters. The van der Waals surface area contributed by atoms with Gasteiger partial charge >= 0.3 is 0 Å². The molecule has 1 fully saturated rings. The Bertz CT molecular complexity index is 652. The zero-order valence-corrected chi connectivity index (χ0v) is 14.5. The Kier molecular flexibility index (Phi) is 5.13. The smallest absolute Gasteiger partial charge is 0.171 e. The van der Waals surface area contributed by atoms with Gasteiger partial charge in [0.1, 0.15) is 5.82 Å². The minimum Gasteiger partial charge on any atom is -0.362 e. The Morgan fingerprint density at radius 1 is 1.13 bits per heavy atom. The van der Waals surface area contributed by atoms with E-state index in [0.717, 1.165) is 6.54 Å². The molecule has 0 bridgehead atoms. The average Bonchev–Trinajstić information content (AvgIpc) is 3.06. The summed E-state index contributed by atoms with van der Waals surface area (Å²) in [4.78, 5) is 4.20. The number of halogens is 1. The molecule has 2 aromatic rings. The molecule has 3 rings (SSSR count). The van der Waals surface area contributed by atoms with Crippen LogP contribution < -0.4 is 10.6 Å². The van der Waals surface area contributed by atoms with Crippen molar-refractivity contribution >= 4 is 34.7 Å². The largest absolute Gasteiger partial charge is 0.362 e. The van der Waals surface area contributed by atoms with E-state index in [9.17, 15) is 0 Å². The number of pyridine rings is 1. The molecule has 0 saturated heterocycles. The highest BCUT2D eigenvalue weighted by molar-refractivity contribution is 7.80. The highest BCUT2D eigenvalue weighted by atomic mass is 35.5. The van der Waals surface area contributed by atoms with Gasteiger partial charge in [0, 0.05) is 18.2 Å². The number of hydrogen-bond acceptors (Lipinski definition) is 2. The topological polar surface area (TPSA) is 37.0 Å². The molecule has 1 aliphatic rings. The minimum absolute atomic E-state index is 0.181. The molecule has 5 heteroatoms. The highest BCUT2D eigenvalue weighted by Crippen LogP contribution is 2.40. The Labute approximate surface area is 147 Å². The van der Waals surface area contributed by atoms with Gasteiger partial charge in [0.2, 0.25) is 0 Å². The van der Waals surface area contributed by atoms with Crippen LogP contribution >= 0.6 is 23.8 Å². The Hall–Kier alpha value is -1.65. The molecule has 1 heterocycles. The number of nitrogens with one attached hydrogen (secondary N) is 2. The first-order valence-electron chi connectivity index (χ1n) is 7.90. The predicted octanol–water partition coefficient (Wildman–Crippen LogP) is 4.53. The summed E-state index contributed by atoms with van der Waals surface area (Å²) >= 11 is 11.3. The maximum atomic E-state index is 5.84. The summed E-state index contributed by atoms with van der Waals surface area (Å²) in [6, 6.07) is 14.4. The van der Waals surface area contributed by atoms with Crippen molar-refractivity contribution < 1.29 is 0 Å². The van der Waals surface area contributed by atoms with Gasteiger partial charge in [-0.1, -0.05) is 54.8 Å². The molecule has 0 radical (unpaired) electrons. The van der Waals surface area contributed by atoms with Crippen LogP contribution in [0.1, 0.15) is 31.2 Å². The Morgan fingerprint density at radius 2 is 1.87 bits per heavy atom. The molecule has 120 valence electrons. The van der Waals surface area contributed by atoms with Crippen molar-refractivity contribution in [3.05, 3.63) is 59.2 Å². The summed E-state index contributed by atoms with van der Waals surface area (Å²) in [5.74, 6) is 0.701. The third-order valence-corrected chi connectivity index (χ3v) is 4.97. The summed E-state index contributed by atoms with van der Waals surface area (Å²) in [7, 11) is 0. The number of aromatic nitrogens is 1. The number of rotatable bonds is 4. The van der Waals surface area contributed by atoms with Crippen molar-refractivity contribution in [1.82, 2.24) is 10.3 Å². The lowest BCUT2D eigenvalue weighted by Gasteiger charge is -2.30. The molecule has 1 saturated carbocycles. The van der Waals surface area contributed by atoms with Gasteiger partial charge in [0.15, 0.2) is 5.11 Å². The van der Waals surface area contributed by atoms with Crippen LogP contribution in [-0.2, 0) is 5.41 Å². The molecule has 23 heavy (non-hydrogen) atoms. The minimum atomic E-state index is 0.181. The second-order valence-corrected chi connectivity index (χ2v) is 6.87. The SMILES string of the molecule is S=C(NCC1(c2ccccc2)CCCC1)Nc1ccc(Cl)cn1. The lowest BCUT2D eigenvalue weighted by Crippen LogP contribution is -2.40. The van der Waals surface area contributed by atoms with Crippen LogP contribution in [0, 0.1) is 0 Å². The lowest BCUT2D eigenvalue weighted by atomic mass is 9.79. The first-order chi connectivity index (χ1) is 11.2. The maximum Gasteiger partial charge on any atom is 0.171 e. The van der Waals surface area contributed by atoms with E-state index >= 15 is 0 Å². The fourth-order valence-electron chi connectivity index (χ4n) is 3.27. The summed E-state index contributed by atoms with van der Waals surface area (Å²) in [5, 5.41) is 7.70. The van der Waals surface area contributed by atoms with Gasteiger partial charge in [-0.15, -0.1) is 0 Å². The molecule has 1 aromatic heterocycles. The van der Waals surface area contributed by atoms with E-state index < -0.39 is 0 Å². The molecule has 2 N–H and O–H groups in total. The molecule has 0 aliphatic heterocycles. The van der Waals surface area contributed by atoms with Crippen molar-refractivity contribution in [3.8, 4) is 0 Å². The monoisotopic (exact) mass is 345 g/mol. The van der Waals surface area contributed by atoms with Crippen LogP contribution in [0.3, 0.4) is 0 Å². The van der Waals surface area contributed by atoms with Gasteiger partial charge in [-0.25, -0.2) is 4.98 Å². The van der Waals surface area contributed by atoms with Crippen molar-refractivity contribution in [1.29, 1.82) is 0 Å². The van der Waals surface area contributed by atoms with E-state index in [2.05, 4.69) is 45.9 Å². The van der Waals surface area contributed by atoms with Crippen molar-refractivity contribution in [3.63, 3.8) is 0 Å².